The predicted molar refractivity (Wildman–Crippen MR) is 56.8 cm³/mol. The molecule has 1 rings (SSSR count). The average Bonchev–Trinajstić information content (AvgIpc) is 2.12. The molecule has 0 aliphatic heterocycles. The van der Waals surface area contributed by atoms with Crippen molar-refractivity contribution in [1.29, 1.82) is 0 Å². The van der Waals surface area contributed by atoms with Gasteiger partial charge in [-0.25, -0.2) is 14.8 Å². The Hall–Kier alpha value is -1.65. The molecule has 0 saturated carbocycles. The lowest BCUT2D eigenvalue weighted by atomic mass is 10.2. The van der Waals surface area contributed by atoms with Crippen molar-refractivity contribution in [2.24, 2.45) is 0 Å². The van der Waals surface area contributed by atoms with E-state index >= 15 is 0 Å². The lowest BCUT2D eigenvalue weighted by molar-refractivity contribution is -0.138. The second-order valence-electron chi connectivity index (χ2n) is 3.42. The van der Waals surface area contributed by atoms with Gasteiger partial charge in [0.1, 0.15) is 6.04 Å². The maximum Gasteiger partial charge on any atom is 0.326 e. The molecule has 1 atom stereocenters. The standard InChI is InChI=1S/C10H15N3O2/c1-4-8(9(14)15)13-10-11-6(2)5-7(3)12-10/h5,8H,4H2,1-3H3,(H,14,15)(H,11,12,13)/t8-/m0/s1. The molecule has 0 spiro atoms. The third-order valence-electron chi connectivity index (χ3n) is 1.99. The van der Waals surface area contributed by atoms with Gasteiger partial charge in [0.15, 0.2) is 0 Å². The van der Waals surface area contributed by atoms with Crippen LogP contribution in [0, 0.1) is 13.8 Å². The van der Waals surface area contributed by atoms with Crippen molar-refractivity contribution in [2.45, 2.75) is 33.2 Å². The van der Waals surface area contributed by atoms with Gasteiger partial charge in [-0.2, -0.15) is 0 Å². The Morgan fingerprint density at radius 2 is 2.00 bits per heavy atom. The van der Waals surface area contributed by atoms with E-state index in [4.69, 9.17) is 5.11 Å². The number of nitrogens with zero attached hydrogens (tertiary/aromatic N) is 2. The molecule has 82 valence electrons. The van der Waals surface area contributed by atoms with E-state index in [2.05, 4.69) is 15.3 Å². The number of carbonyl (C=O) groups is 1. The summed E-state index contributed by atoms with van der Waals surface area (Å²) in [6.07, 6.45) is 0.492. The van der Waals surface area contributed by atoms with Crippen LogP contribution in [0.5, 0.6) is 0 Å². The normalized spacial score (nSPS) is 12.2. The van der Waals surface area contributed by atoms with Crippen molar-refractivity contribution < 1.29 is 9.90 Å². The molecule has 0 fully saturated rings. The van der Waals surface area contributed by atoms with E-state index in [0.29, 0.717) is 12.4 Å². The monoisotopic (exact) mass is 209 g/mol. The topological polar surface area (TPSA) is 75.1 Å². The molecule has 0 unspecified atom stereocenters. The summed E-state index contributed by atoms with van der Waals surface area (Å²) >= 11 is 0. The smallest absolute Gasteiger partial charge is 0.326 e. The third-order valence-corrected chi connectivity index (χ3v) is 1.99. The zero-order chi connectivity index (χ0) is 11.4. The Morgan fingerprint density at radius 3 is 2.40 bits per heavy atom. The molecule has 0 saturated heterocycles. The molecule has 1 aromatic rings. The molecule has 5 nitrogen and oxygen atoms in total. The predicted octanol–water partition coefficient (Wildman–Crippen LogP) is 1.37. The second kappa shape index (κ2) is 4.72. The summed E-state index contributed by atoms with van der Waals surface area (Å²) in [6.45, 7) is 5.50. The number of carboxylic acid groups (broad SMARTS) is 1. The van der Waals surface area contributed by atoms with Crippen LogP contribution in [-0.4, -0.2) is 27.1 Å². The summed E-state index contributed by atoms with van der Waals surface area (Å²) in [5.74, 6) is -0.512. The van der Waals surface area contributed by atoms with Crippen LogP contribution in [0.1, 0.15) is 24.7 Å². The number of carboxylic acids is 1. The number of aromatic nitrogens is 2. The molecule has 15 heavy (non-hydrogen) atoms. The number of anilines is 1. The van der Waals surface area contributed by atoms with Gasteiger partial charge in [0.25, 0.3) is 0 Å². The highest BCUT2D eigenvalue weighted by Gasteiger charge is 2.15. The van der Waals surface area contributed by atoms with Gasteiger partial charge in [0.05, 0.1) is 0 Å². The van der Waals surface area contributed by atoms with Crippen molar-refractivity contribution in [2.75, 3.05) is 5.32 Å². The molecule has 1 heterocycles. The van der Waals surface area contributed by atoms with Crippen molar-refractivity contribution >= 4 is 11.9 Å². The van der Waals surface area contributed by atoms with E-state index in [1.807, 2.05) is 19.9 Å². The van der Waals surface area contributed by atoms with Crippen LogP contribution in [0.25, 0.3) is 0 Å². The molecule has 0 radical (unpaired) electrons. The number of hydrogen-bond acceptors (Lipinski definition) is 4. The van der Waals surface area contributed by atoms with Crippen LogP contribution >= 0.6 is 0 Å². The van der Waals surface area contributed by atoms with E-state index in [1.165, 1.54) is 0 Å². The zero-order valence-electron chi connectivity index (χ0n) is 9.11. The van der Waals surface area contributed by atoms with Gasteiger partial charge in [0, 0.05) is 11.4 Å². The molecule has 0 bridgehead atoms. The largest absolute Gasteiger partial charge is 0.480 e. The van der Waals surface area contributed by atoms with Crippen LogP contribution in [0.2, 0.25) is 0 Å². The molecular weight excluding hydrogens is 194 g/mol. The number of aliphatic carboxylic acids is 1. The first kappa shape index (κ1) is 11.4. The van der Waals surface area contributed by atoms with Gasteiger partial charge in [-0.1, -0.05) is 6.92 Å². The molecule has 5 heteroatoms. The third kappa shape index (κ3) is 3.19. The molecule has 0 aromatic carbocycles. The molecule has 2 N–H and O–H groups in total. The fraction of sp³-hybridized carbons (Fsp3) is 0.500. The minimum atomic E-state index is -0.889. The van der Waals surface area contributed by atoms with E-state index in [1.54, 1.807) is 6.92 Å². The van der Waals surface area contributed by atoms with Crippen LogP contribution in [0.4, 0.5) is 5.95 Å². The summed E-state index contributed by atoms with van der Waals surface area (Å²) in [5, 5.41) is 11.6. The summed E-state index contributed by atoms with van der Waals surface area (Å²) in [7, 11) is 0. The van der Waals surface area contributed by atoms with Crippen molar-refractivity contribution in [3.63, 3.8) is 0 Å². The summed E-state index contributed by atoms with van der Waals surface area (Å²) in [4.78, 5) is 19.0. The fourth-order valence-electron chi connectivity index (χ4n) is 1.28. The van der Waals surface area contributed by atoms with Gasteiger partial charge >= 0.3 is 5.97 Å². The Kier molecular flexibility index (Phi) is 3.60. The highest BCUT2D eigenvalue weighted by molar-refractivity contribution is 5.76. The van der Waals surface area contributed by atoms with Gasteiger partial charge in [-0.05, 0) is 26.3 Å². The Balaban J connectivity index is 2.83. The highest BCUT2D eigenvalue weighted by atomic mass is 16.4. The van der Waals surface area contributed by atoms with Gasteiger partial charge in [-0.15, -0.1) is 0 Å². The van der Waals surface area contributed by atoms with E-state index in [9.17, 15) is 4.79 Å². The Bertz CT molecular complexity index is 345. The van der Waals surface area contributed by atoms with Crippen molar-refractivity contribution in [3.8, 4) is 0 Å². The number of nitrogens with one attached hydrogen (secondary N) is 1. The number of hydrogen-bond donors (Lipinski definition) is 2. The van der Waals surface area contributed by atoms with Crippen LogP contribution in [-0.2, 0) is 4.79 Å². The van der Waals surface area contributed by atoms with Crippen LogP contribution in [0.3, 0.4) is 0 Å². The second-order valence-corrected chi connectivity index (χ2v) is 3.42. The lowest BCUT2D eigenvalue weighted by Crippen LogP contribution is -2.29. The lowest BCUT2D eigenvalue weighted by Gasteiger charge is -2.12. The van der Waals surface area contributed by atoms with Gasteiger partial charge in [-0.3, -0.25) is 0 Å². The first-order valence-corrected chi connectivity index (χ1v) is 4.84. The average molecular weight is 209 g/mol. The van der Waals surface area contributed by atoms with Crippen molar-refractivity contribution in [3.05, 3.63) is 17.5 Å². The molecular formula is C10H15N3O2. The Labute approximate surface area is 88.6 Å². The first-order valence-electron chi connectivity index (χ1n) is 4.84. The number of aryl methyl sites for hydroxylation is 2. The maximum atomic E-state index is 10.8. The zero-order valence-corrected chi connectivity index (χ0v) is 9.11. The SMILES string of the molecule is CC[C@H](Nc1nc(C)cc(C)n1)C(=O)O. The van der Waals surface area contributed by atoms with Gasteiger partial charge < -0.3 is 10.4 Å². The quantitative estimate of drug-likeness (QED) is 0.783. The highest BCUT2D eigenvalue weighted by Crippen LogP contribution is 2.06. The number of rotatable bonds is 4. The summed E-state index contributed by atoms with van der Waals surface area (Å²) < 4.78 is 0. The summed E-state index contributed by atoms with van der Waals surface area (Å²) in [5.41, 5.74) is 1.65. The molecule has 0 aliphatic rings. The van der Waals surface area contributed by atoms with Crippen molar-refractivity contribution in [1.82, 2.24) is 9.97 Å². The fourth-order valence-corrected chi connectivity index (χ4v) is 1.28. The van der Waals surface area contributed by atoms with Gasteiger partial charge in [0.2, 0.25) is 5.95 Å². The van der Waals surface area contributed by atoms with E-state index in [-0.39, 0.29) is 0 Å². The van der Waals surface area contributed by atoms with E-state index in [0.717, 1.165) is 11.4 Å². The summed E-state index contributed by atoms with van der Waals surface area (Å²) in [6, 6.07) is 1.21. The minimum absolute atomic E-state index is 0.377. The molecule has 1 aromatic heterocycles. The maximum absolute atomic E-state index is 10.8. The van der Waals surface area contributed by atoms with Crippen LogP contribution < -0.4 is 5.32 Å². The molecule has 0 aliphatic carbocycles. The van der Waals surface area contributed by atoms with E-state index < -0.39 is 12.0 Å². The minimum Gasteiger partial charge on any atom is -0.480 e. The molecule has 0 amide bonds. The van der Waals surface area contributed by atoms with Crippen LogP contribution in [0.15, 0.2) is 6.07 Å². The Morgan fingerprint density at radius 1 is 1.47 bits per heavy atom. The first-order chi connectivity index (χ1) is 7.02.